The molecule has 1 saturated heterocycles. The molecule has 0 unspecified atom stereocenters. The average molecular weight is 688 g/mol. The maximum atomic E-state index is 15.0. The van der Waals surface area contributed by atoms with Crippen molar-refractivity contribution < 1.29 is 54.2 Å². The van der Waals surface area contributed by atoms with Gasteiger partial charge in [0.2, 0.25) is 0 Å². The van der Waals surface area contributed by atoms with E-state index in [0.717, 1.165) is 30.5 Å². The molecule has 1 aliphatic heterocycles. The van der Waals surface area contributed by atoms with E-state index >= 15 is 0 Å². The Morgan fingerprint density at radius 2 is 1.75 bits per heavy atom. The Bertz CT molecular complexity index is 1540. The number of benzene rings is 2. The molecular weight excluding hydrogens is 654 g/mol. The number of carbonyl (C=O) groups excluding carboxylic acids is 2. The third kappa shape index (κ3) is 10.5. The highest BCUT2D eigenvalue weighted by Crippen LogP contribution is 2.35. The minimum absolute atomic E-state index is 0.0799. The zero-order chi connectivity index (χ0) is 35.1. The van der Waals surface area contributed by atoms with E-state index in [1.807, 2.05) is 0 Å². The molecule has 260 valence electrons. The molecule has 15 heteroatoms. The van der Waals surface area contributed by atoms with Gasteiger partial charge in [0, 0.05) is 25.1 Å². The number of esters is 1. The molecule has 0 saturated carbocycles. The molecule has 2 aromatic carbocycles. The molecule has 48 heavy (non-hydrogen) atoms. The van der Waals surface area contributed by atoms with Gasteiger partial charge in [-0.15, -0.1) is 0 Å². The van der Waals surface area contributed by atoms with Crippen molar-refractivity contribution in [3.05, 3.63) is 100 Å². The Kier molecular flexibility index (Phi) is 12.3. The minimum Gasteiger partial charge on any atom is -0.464 e. The van der Waals surface area contributed by atoms with Gasteiger partial charge in [-0.2, -0.15) is 26.3 Å². The summed E-state index contributed by atoms with van der Waals surface area (Å²) in [6, 6.07) is 7.41. The molecule has 3 N–H and O–H groups in total. The molecule has 0 spiro atoms. The van der Waals surface area contributed by atoms with Crippen molar-refractivity contribution in [3.63, 3.8) is 0 Å². The summed E-state index contributed by atoms with van der Waals surface area (Å²) in [5.41, 5.74) is 6.25. The van der Waals surface area contributed by atoms with Gasteiger partial charge in [0.15, 0.2) is 5.78 Å². The molecule has 7 nitrogen and oxygen atoms in total. The SMILES string of the molecule is N[C@H](C(=O)Cc1cncc(F)c1CC[C@@H]1CN[C@H](COC(=O)CCC(F)(F)F)CO1)[C@@H](c1ccc(F)cc1)c1cccc(C(F)(F)F)c1. The number of alkyl halides is 6. The van der Waals surface area contributed by atoms with Crippen LogP contribution in [0.25, 0.3) is 0 Å². The fraction of sp³-hybridized carbons (Fsp3) is 0.424. The van der Waals surface area contributed by atoms with E-state index in [0.29, 0.717) is 12.0 Å². The first-order valence-corrected chi connectivity index (χ1v) is 15.0. The zero-order valence-electron chi connectivity index (χ0n) is 25.4. The molecule has 0 aliphatic carbocycles. The van der Waals surface area contributed by atoms with Crippen LogP contribution in [0.1, 0.15) is 53.0 Å². The van der Waals surface area contributed by atoms with Gasteiger partial charge in [-0.1, -0.05) is 30.3 Å². The number of hydrogen-bond acceptors (Lipinski definition) is 7. The van der Waals surface area contributed by atoms with Crippen molar-refractivity contribution in [1.29, 1.82) is 0 Å². The lowest BCUT2D eigenvalue weighted by Crippen LogP contribution is -2.49. The minimum atomic E-state index is -4.66. The molecule has 1 fully saturated rings. The van der Waals surface area contributed by atoms with E-state index < -0.39 is 78.3 Å². The maximum Gasteiger partial charge on any atom is 0.416 e. The van der Waals surface area contributed by atoms with Crippen LogP contribution in [0.3, 0.4) is 0 Å². The lowest BCUT2D eigenvalue weighted by atomic mass is 9.81. The maximum absolute atomic E-state index is 15.0. The fourth-order valence-electron chi connectivity index (χ4n) is 5.39. The second-order valence-corrected chi connectivity index (χ2v) is 11.5. The average Bonchev–Trinajstić information content (AvgIpc) is 3.03. The number of Topliss-reactive ketones (excluding diaryl/α,β-unsaturated/α-hetero) is 1. The van der Waals surface area contributed by atoms with E-state index in [9.17, 15) is 44.7 Å². The third-order valence-electron chi connectivity index (χ3n) is 7.93. The number of carbonyl (C=O) groups is 2. The summed E-state index contributed by atoms with van der Waals surface area (Å²) in [4.78, 5) is 29.0. The van der Waals surface area contributed by atoms with Crippen molar-refractivity contribution in [3.8, 4) is 0 Å². The van der Waals surface area contributed by atoms with Crippen molar-refractivity contribution in [1.82, 2.24) is 10.3 Å². The monoisotopic (exact) mass is 687 g/mol. The highest BCUT2D eigenvalue weighted by atomic mass is 19.4. The van der Waals surface area contributed by atoms with Crippen LogP contribution < -0.4 is 11.1 Å². The molecule has 4 rings (SSSR count). The van der Waals surface area contributed by atoms with Gasteiger partial charge in [0.1, 0.15) is 18.2 Å². The first kappa shape index (κ1) is 36.9. The number of ether oxygens (including phenoxy) is 2. The molecule has 0 radical (unpaired) electrons. The Hall–Kier alpha value is -3.95. The Balaban J connectivity index is 1.40. The summed E-state index contributed by atoms with van der Waals surface area (Å²) in [6.07, 6.45) is -9.29. The smallest absolute Gasteiger partial charge is 0.416 e. The van der Waals surface area contributed by atoms with Gasteiger partial charge >= 0.3 is 18.3 Å². The predicted octanol–water partition coefficient (Wildman–Crippen LogP) is 5.82. The molecular formula is C33H33F8N3O4. The highest BCUT2D eigenvalue weighted by Gasteiger charge is 2.34. The van der Waals surface area contributed by atoms with Gasteiger partial charge in [0.05, 0.1) is 49.4 Å². The second-order valence-electron chi connectivity index (χ2n) is 11.5. The number of nitrogens with zero attached hydrogens (tertiary/aromatic N) is 1. The normalized spacial score (nSPS) is 18.3. The molecule has 2 heterocycles. The van der Waals surface area contributed by atoms with E-state index in [2.05, 4.69) is 10.3 Å². The standard InChI is InChI=1S/C33H33F8N3O4/c34-23-6-4-19(5-7-23)30(20-2-1-3-22(12-20)33(39,40)41)31(42)28(45)13-21-14-43-16-27(35)26(21)9-8-25-15-44-24(17-47-25)18-48-29(46)10-11-32(36,37)38/h1-7,12,14,16,24-25,30-31,44H,8-11,13,15,17-18,42H2/t24-,25+,30-,31+/m0/s1. The molecule has 1 aliphatic rings. The van der Waals surface area contributed by atoms with Crippen molar-refractivity contribution in [2.45, 2.75) is 68.6 Å². The van der Waals surface area contributed by atoms with Crippen molar-refractivity contribution in [2.24, 2.45) is 5.73 Å². The van der Waals surface area contributed by atoms with Crippen LogP contribution in [0.5, 0.6) is 0 Å². The van der Waals surface area contributed by atoms with Gasteiger partial charge in [-0.25, -0.2) is 8.78 Å². The summed E-state index contributed by atoms with van der Waals surface area (Å²) in [7, 11) is 0. The first-order chi connectivity index (χ1) is 22.6. The van der Waals surface area contributed by atoms with Crippen LogP contribution in [0.15, 0.2) is 60.9 Å². The summed E-state index contributed by atoms with van der Waals surface area (Å²) < 4.78 is 117. The number of rotatable bonds is 13. The van der Waals surface area contributed by atoms with Crippen molar-refractivity contribution >= 4 is 11.8 Å². The number of aromatic nitrogens is 1. The Morgan fingerprint density at radius 1 is 1.02 bits per heavy atom. The van der Waals surface area contributed by atoms with Crippen LogP contribution >= 0.6 is 0 Å². The van der Waals surface area contributed by atoms with Gasteiger partial charge in [0.25, 0.3) is 0 Å². The fourth-order valence-corrected chi connectivity index (χ4v) is 5.39. The molecule has 0 bridgehead atoms. The Labute approximate surface area is 270 Å². The lowest BCUT2D eigenvalue weighted by Gasteiger charge is -2.30. The number of nitrogens with one attached hydrogen (secondary N) is 1. The first-order valence-electron chi connectivity index (χ1n) is 15.0. The number of nitrogens with two attached hydrogens (primary N) is 1. The second kappa shape index (κ2) is 16.0. The number of ketones is 1. The van der Waals surface area contributed by atoms with Gasteiger partial charge < -0.3 is 20.5 Å². The highest BCUT2D eigenvalue weighted by molar-refractivity contribution is 5.87. The van der Waals surface area contributed by atoms with Gasteiger partial charge in [-0.3, -0.25) is 14.6 Å². The number of halogens is 8. The summed E-state index contributed by atoms with van der Waals surface area (Å²) in [5.74, 6) is -3.95. The van der Waals surface area contributed by atoms with Crippen LogP contribution in [0.4, 0.5) is 35.1 Å². The molecule has 3 aromatic rings. The molecule has 4 atom stereocenters. The molecule has 1 aromatic heterocycles. The lowest BCUT2D eigenvalue weighted by molar-refractivity contribution is -0.158. The van der Waals surface area contributed by atoms with E-state index in [1.165, 1.54) is 30.5 Å². The van der Waals surface area contributed by atoms with E-state index in [1.54, 1.807) is 0 Å². The van der Waals surface area contributed by atoms with Crippen molar-refractivity contribution in [2.75, 3.05) is 19.8 Å². The largest absolute Gasteiger partial charge is 0.464 e. The van der Waals surface area contributed by atoms with E-state index in [4.69, 9.17) is 15.2 Å². The van der Waals surface area contributed by atoms with Crippen LogP contribution in [0, 0.1) is 11.6 Å². The van der Waals surface area contributed by atoms with Crippen LogP contribution in [0.2, 0.25) is 0 Å². The summed E-state index contributed by atoms with van der Waals surface area (Å²) in [5, 5.41) is 3.07. The topological polar surface area (TPSA) is 104 Å². The number of pyridine rings is 1. The third-order valence-corrected chi connectivity index (χ3v) is 7.93. The van der Waals surface area contributed by atoms with Crippen LogP contribution in [-0.2, 0) is 38.1 Å². The van der Waals surface area contributed by atoms with E-state index in [-0.39, 0.29) is 49.3 Å². The zero-order valence-corrected chi connectivity index (χ0v) is 25.4. The Morgan fingerprint density at radius 3 is 2.40 bits per heavy atom. The summed E-state index contributed by atoms with van der Waals surface area (Å²) in [6.45, 7) is 0.165. The number of morpholine rings is 1. The molecule has 0 amide bonds. The number of hydrogen-bond donors (Lipinski definition) is 2. The van der Waals surface area contributed by atoms with Crippen LogP contribution in [-0.4, -0.2) is 60.9 Å². The van der Waals surface area contributed by atoms with Gasteiger partial charge in [-0.05, 0) is 53.3 Å². The quantitative estimate of drug-likeness (QED) is 0.172. The summed E-state index contributed by atoms with van der Waals surface area (Å²) >= 11 is 0. The predicted molar refractivity (Wildman–Crippen MR) is 157 cm³/mol.